The first-order chi connectivity index (χ1) is 9.99. The minimum absolute atomic E-state index is 0.0908. The standard InChI is InChI=1S/C16H20N4O/c1-10(2)15(13-6-5-7-17-8-13)20-16(21)14-9-18-12(4)19-11(14)3/h5-10,15H,1-4H3,(H,20,21). The Hall–Kier alpha value is -2.30. The predicted octanol–water partition coefficient (Wildman–Crippen LogP) is 2.62. The number of nitrogens with one attached hydrogen (secondary N) is 1. The fourth-order valence-corrected chi connectivity index (χ4v) is 2.22. The number of aromatic nitrogens is 3. The zero-order valence-corrected chi connectivity index (χ0v) is 12.8. The highest BCUT2D eigenvalue weighted by atomic mass is 16.1. The largest absolute Gasteiger partial charge is 0.345 e. The first-order valence-corrected chi connectivity index (χ1v) is 7.00. The van der Waals surface area contributed by atoms with Gasteiger partial charge in [-0.3, -0.25) is 9.78 Å². The summed E-state index contributed by atoms with van der Waals surface area (Å²) in [5.74, 6) is 0.761. The summed E-state index contributed by atoms with van der Waals surface area (Å²) in [7, 11) is 0. The molecule has 0 bridgehead atoms. The van der Waals surface area contributed by atoms with Crippen LogP contribution in [0.25, 0.3) is 0 Å². The average Bonchev–Trinajstić information content (AvgIpc) is 2.45. The van der Waals surface area contributed by atoms with E-state index in [1.54, 1.807) is 25.5 Å². The van der Waals surface area contributed by atoms with E-state index in [2.05, 4.69) is 34.1 Å². The van der Waals surface area contributed by atoms with Crippen LogP contribution in [0.15, 0.2) is 30.7 Å². The fourth-order valence-electron chi connectivity index (χ4n) is 2.22. The van der Waals surface area contributed by atoms with E-state index in [1.807, 2.05) is 19.1 Å². The summed E-state index contributed by atoms with van der Waals surface area (Å²) in [6, 6.07) is 3.75. The molecule has 0 fully saturated rings. The first kappa shape index (κ1) is 15.1. The van der Waals surface area contributed by atoms with Crippen molar-refractivity contribution in [2.45, 2.75) is 33.7 Å². The van der Waals surface area contributed by atoms with Gasteiger partial charge in [0.05, 0.1) is 17.3 Å². The van der Waals surface area contributed by atoms with Crippen LogP contribution in [0.2, 0.25) is 0 Å². The number of rotatable bonds is 4. The summed E-state index contributed by atoms with van der Waals surface area (Å²) in [6.07, 6.45) is 5.08. The maximum atomic E-state index is 12.5. The summed E-state index contributed by atoms with van der Waals surface area (Å²) in [5.41, 5.74) is 2.19. The second-order valence-corrected chi connectivity index (χ2v) is 5.40. The number of carbonyl (C=O) groups is 1. The highest BCUT2D eigenvalue weighted by Crippen LogP contribution is 2.21. The van der Waals surface area contributed by atoms with Crippen molar-refractivity contribution >= 4 is 5.91 Å². The van der Waals surface area contributed by atoms with Gasteiger partial charge < -0.3 is 5.32 Å². The van der Waals surface area contributed by atoms with Crippen molar-refractivity contribution < 1.29 is 4.79 Å². The van der Waals surface area contributed by atoms with Gasteiger partial charge in [-0.05, 0) is 31.4 Å². The fraction of sp³-hybridized carbons (Fsp3) is 0.375. The van der Waals surface area contributed by atoms with Crippen molar-refractivity contribution in [3.05, 3.63) is 53.4 Å². The highest BCUT2D eigenvalue weighted by Gasteiger charge is 2.20. The second-order valence-electron chi connectivity index (χ2n) is 5.40. The van der Waals surface area contributed by atoms with Gasteiger partial charge in [-0.2, -0.15) is 0 Å². The molecule has 0 spiro atoms. The van der Waals surface area contributed by atoms with E-state index < -0.39 is 0 Å². The molecule has 0 saturated heterocycles. The Kier molecular flexibility index (Phi) is 4.62. The lowest BCUT2D eigenvalue weighted by Gasteiger charge is -2.22. The number of amides is 1. The van der Waals surface area contributed by atoms with E-state index in [4.69, 9.17) is 0 Å². The van der Waals surface area contributed by atoms with Crippen LogP contribution in [-0.2, 0) is 0 Å². The topological polar surface area (TPSA) is 67.8 Å². The molecule has 2 aromatic rings. The molecule has 1 atom stereocenters. The molecule has 1 amide bonds. The van der Waals surface area contributed by atoms with Gasteiger partial charge in [0.25, 0.3) is 5.91 Å². The van der Waals surface area contributed by atoms with Crippen molar-refractivity contribution in [3.8, 4) is 0 Å². The third-order valence-corrected chi connectivity index (χ3v) is 3.34. The molecule has 0 aromatic carbocycles. The van der Waals surface area contributed by atoms with Crippen LogP contribution in [0.5, 0.6) is 0 Å². The maximum Gasteiger partial charge on any atom is 0.255 e. The molecule has 21 heavy (non-hydrogen) atoms. The Morgan fingerprint density at radius 1 is 1.24 bits per heavy atom. The Labute approximate surface area is 124 Å². The quantitative estimate of drug-likeness (QED) is 0.937. The van der Waals surface area contributed by atoms with Crippen LogP contribution in [0.3, 0.4) is 0 Å². The summed E-state index contributed by atoms with van der Waals surface area (Å²) >= 11 is 0. The highest BCUT2D eigenvalue weighted by molar-refractivity contribution is 5.95. The van der Waals surface area contributed by atoms with Gasteiger partial charge >= 0.3 is 0 Å². The van der Waals surface area contributed by atoms with Crippen molar-refractivity contribution in [2.24, 2.45) is 5.92 Å². The third-order valence-electron chi connectivity index (χ3n) is 3.34. The molecule has 1 N–H and O–H groups in total. The molecule has 1 unspecified atom stereocenters. The van der Waals surface area contributed by atoms with Crippen molar-refractivity contribution in [3.63, 3.8) is 0 Å². The molecule has 0 radical (unpaired) electrons. The van der Waals surface area contributed by atoms with Crippen LogP contribution in [-0.4, -0.2) is 20.9 Å². The molecule has 5 heteroatoms. The Morgan fingerprint density at radius 2 is 2.00 bits per heavy atom. The normalized spacial score (nSPS) is 12.2. The molecule has 0 saturated carbocycles. The van der Waals surface area contributed by atoms with Crippen LogP contribution in [0.4, 0.5) is 0 Å². The Bertz CT molecular complexity index is 625. The van der Waals surface area contributed by atoms with Crippen LogP contribution in [0.1, 0.15) is 47.3 Å². The third kappa shape index (κ3) is 3.62. The molecule has 2 rings (SSSR count). The van der Waals surface area contributed by atoms with E-state index in [-0.39, 0.29) is 17.9 Å². The zero-order chi connectivity index (χ0) is 15.4. The van der Waals surface area contributed by atoms with E-state index in [9.17, 15) is 4.79 Å². The average molecular weight is 284 g/mol. The minimum atomic E-state index is -0.157. The van der Waals surface area contributed by atoms with Gasteiger partial charge in [0.15, 0.2) is 0 Å². The minimum Gasteiger partial charge on any atom is -0.345 e. The van der Waals surface area contributed by atoms with Gasteiger partial charge in [-0.1, -0.05) is 19.9 Å². The van der Waals surface area contributed by atoms with Gasteiger partial charge in [0, 0.05) is 18.6 Å². The van der Waals surface area contributed by atoms with Crippen LogP contribution in [0, 0.1) is 19.8 Å². The lowest BCUT2D eigenvalue weighted by Crippen LogP contribution is -2.32. The molecule has 0 aliphatic heterocycles. The van der Waals surface area contributed by atoms with Gasteiger partial charge in [0.1, 0.15) is 5.82 Å². The number of nitrogens with zero attached hydrogens (tertiary/aromatic N) is 3. The second kappa shape index (κ2) is 6.43. The summed E-state index contributed by atoms with van der Waals surface area (Å²) in [6.45, 7) is 7.76. The van der Waals surface area contributed by atoms with Crippen molar-refractivity contribution in [2.75, 3.05) is 0 Å². The molecule has 0 aliphatic carbocycles. The lowest BCUT2D eigenvalue weighted by atomic mass is 9.97. The zero-order valence-electron chi connectivity index (χ0n) is 12.8. The maximum absolute atomic E-state index is 12.5. The summed E-state index contributed by atoms with van der Waals surface area (Å²) < 4.78 is 0. The van der Waals surface area contributed by atoms with Gasteiger partial charge in [0.2, 0.25) is 0 Å². The van der Waals surface area contributed by atoms with Crippen molar-refractivity contribution in [1.29, 1.82) is 0 Å². The van der Waals surface area contributed by atoms with Crippen molar-refractivity contribution in [1.82, 2.24) is 20.3 Å². The number of hydrogen-bond acceptors (Lipinski definition) is 4. The number of aryl methyl sites for hydroxylation is 2. The van der Waals surface area contributed by atoms with E-state index in [1.165, 1.54) is 0 Å². The molecule has 2 heterocycles. The van der Waals surface area contributed by atoms with Crippen LogP contribution >= 0.6 is 0 Å². The van der Waals surface area contributed by atoms with Crippen LogP contribution < -0.4 is 5.32 Å². The summed E-state index contributed by atoms with van der Waals surface area (Å²) in [5, 5.41) is 3.05. The number of carbonyl (C=O) groups excluding carboxylic acids is 1. The molecular formula is C16H20N4O. The monoisotopic (exact) mass is 284 g/mol. The Morgan fingerprint density at radius 3 is 2.57 bits per heavy atom. The molecule has 5 nitrogen and oxygen atoms in total. The lowest BCUT2D eigenvalue weighted by molar-refractivity contribution is 0.0924. The van der Waals surface area contributed by atoms with Gasteiger partial charge in [-0.15, -0.1) is 0 Å². The predicted molar refractivity (Wildman–Crippen MR) is 80.8 cm³/mol. The first-order valence-electron chi connectivity index (χ1n) is 7.00. The SMILES string of the molecule is Cc1ncc(C(=O)NC(c2cccnc2)C(C)C)c(C)n1. The Balaban J connectivity index is 2.23. The number of pyridine rings is 1. The van der Waals surface area contributed by atoms with E-state index >= 15 is 0 Å². The molecule has 0 aliphatic rings. The number of hydrogen-bond donors (Lipinski definition) is 1. The van der Waals surface area contributed by atoms with Gasteiger partial charge in [-0.25, -0.2) is 9.97 Å². The van der Waals surface area contributed by atoms with E-state index in [0.29, 0.717) is 17.1 Å². The molecule has 110 valence electrons. The molecular weight excluding hydrogens is 264 g/mol. The van der Waals surface area contributed by atoms with E-state index in [0.717, 1.165) is 5.56 Å². The summed E-state index contributed by atoms with van der Waals surface area (Å²) in [4.78, 5) is 24.9. The molecule has 2 aromatic heterocycles. The smallest absolute Gasteiger partial charge is 0.255 e.